The van der Waals surface area contributed by atoms with Crippen LogP contribution in [0, 0.1) is 0 Å². The summed E-state index contributed by atoms with van der Waals surface area (Å²) in [7, 11) is -2.33. The van der Waals surface area contributed by atoms with Crippen molar-refractivity contribution in [2.75, 3.05) is 0 Å². The van der Waals surface area contributed by atoms with Gasteiger partial charge in [0.15, 0.2) is 7.14 Å². The van der Waals surface area contributed by atoms with E-state index in [1.165, 1.54) is 0 Å². The molecule has 1 nitrogen and oxygen atoms in total. The van der Waals surface area contributed by atoms with Crippen molar-refractivity contribution in [3.05, 3.63) is 54.1 Å². The molecule has 0 aromatic heterocycles. The van der Waals surface area contributed by atoms with Gasteiger partial charge in [-0.15, -0.1) is 0 Å². The van der Waals surface area contributed by atoms with Crippen LogP contribution in [0.1, 0.15) is 6.42 Å². The van der Waals surface area contributed by atoms with Gasteiger partial charge in [0.2, 0.25) is 0 Å². The van der Waals surface area contributed by atoms with Crippen LogP contribution < -0.4 is 5.30 Å². The summed E-state index contributed by atoms with van der Waals surface area (Å²) in [6, 6.07) is 9.62. The van der Waals surface area contributed by atoms with Gasteiger partial charge in [-0.2, -0.15) is 0 Å². The van der Waals surface area contributed by atoms with Gasteiger partial charge < -0.3 is 4.57 Å². The molecule has 0 amide bonds. The Hall–Kier alpha value is -1.07. The zero-order valence-electron chi connectivity index (χ0n) is 7.26. The Kier molecular flexibility index (Phi) is 2.20. The van der Waals surface area contributed by atoms with Gasteiger partial charge >= 0.3 is 0 Å². The number of rotatable bonds is 1. The van der Waals surface area contributed by atoms with Crippen molar-refractivity contribution in [1.29, 1.82) is 0 Å². The molecule has 0 saturated heterocycles. The van der Waals surface area contributed by atoms with Crippen LogP contribution in [0.2, 0.25) is 0 Å². The first-order valence-corrected chi connectivity index (χ1v) is 6.16. The van der Waals surface area contributed by atoms with Crippen LogP contribution in [0.25, 0.3) is 0 Å². The Balaban J connectivity index is 2.46. The quantitative estimate of drug-likeness (QED) is 0.622. The molecule has 0 radical (unpaired) electrons. The topological polar surface area (TPSA) is 17.1 Å². The molecule has 66 valence electrons. The maximum absolute atomic E-state index is 12.3. The third-order valence-corrected chi connectivity index (χ3v) is 4.50. The van der Waals surface area contributed by atoms with Crippen molar-refractivity contribution < 1.29 is 4.57 Å². The summed E-state index contributed by atoms with van der Waals surface area (Å²) in [6.07, 6.45) is 4.83. The lowest BCUT2D eigenvalue weighted by molar-refractivity contribution is 0.591. The van der Waals surface area contributed by atoms with Crippen molar-refractivity contribution >= 4 is 12.4 Å². The fourth-order valence-electron chi connectivity index (χ4n) is 1.40. The second-order valence-electron chi connectivity index (χ2n) is 3.05. The van der Waals surface area contributed by atoms with Crippen molar-refractivity contribution in [3.8, 4) is 0 Å². The van der Waals surface area contributed by atoms with Gasteiger partial charge in [-0.3, -0.25) is 0 Å². The van der Waals surface area contributed by atoms with Gasteiger partial charge in [-0.1, -0.05) is 42.5 Å². The number of allylic oxidation sites excluding steroid dienone is 2. The molecule has 13 heavy (non-hydrogen) atoms. The largest absolute Gasteiger partial charge is 0.310 e. The number of benzene rings is 1. The van der Waals surface area contributed by atoms with Gasteiger partial charge in [0, 0.05) is 5.30 Å². The van der Waals surface area contributed by atoms with Crippen LogP contribution in [0.15, 0.2) is 54.1 Å². The van der Waals surface area contributed by atoms with Crippen molar-refractivity contribution in [1.82, 2.24) is 0 Å². The Bertz CT molecular complexity index is 374. The Morgan fingerprint density at radius 2 is 1.62 bits per heavy atom. The summed E-state index contributed by atoms with van der Waals surface area (Å²) in [5.74, 6) is 3.67. The lowest BCUT2D eigenvalue weighted by Crippen LogP contribution is -2.00. The first kappa shape index (κ1) is 8.52. The van der Waals surface area contributed by atoms with Gasteiger partial charge in [-0.25, -0.2) is 0 Å². The molecule has 1 aromatic carbocycles. The smallest absolute Gasteiger partial charge is 0.156 e. The predicted molar refractivity (Wildman–Crippen MR) is 56.6 cm³/mol. The highest BCUT2D eigenvalue weighted by Gasteiger charge is 2.17. The molecule has 0 unspecified atom stereocenters. The number of hydrogen-bond acceptors (Lipinski definition) is 1. The second kappa shape index (κ2) is 3.35. The van der Waals surface area contributed by atoms with Crippen LogP contribution in [-0.4, -0.2) is 0 Å². The molecule has 1 heterocycles. The lowest BCUT2D eigenvalue weighted by Gasteiger charge is -2.11. The molecule has 1 aromatic rings. The molecule has 0 fully saturated rings. The van der Waals surface area contributed by atoms with Crippen LogP contribution in [-0.2, 0) is 4.57 Å². The van der Waals surface area contributed by atoms with Gasteiger partial charge in [0.1, 0.15) is 0 Å². The average molecular weight is 190 g/mol. The highest BCUT2D eigenvalue weighted by Crippen LogP contribution is 2.49. The maximum atomic E-state index is 12.3. The third kappa shape index (κ3) is 1.66. The van der Waals surface area contributed by atoms with Crippen LogP contribution in [0.5, 0.6) is 0 Å². The molecule has 1 aliphatic heterocycles. The Labute approximate surface area is 78.2 Å². The molecule has 0 aliphatic carbocycles. The SMILES string of the molecule is O=P1(c2ccccc2)C=CCC=C1. The first-order valence-electron chi connectivity index (χ1n) is 4.32. The van der Waals surface area contributed by atoms with E-state index >= 15 is 0 Å². The molecule has 0 spiro atoms. The zero-order chi connectivity index (χ0) is 9.15. The zero-order valence-corrected chi connectivity index (χ0v) is 8.15. The molecule has 0 bridgehead atoms. The summed E-state index contributed by atoms with van der Waals surface area (Å²) in [5, 5.41) is 0.919. The summed E-state index contributed by atoms with van der Waals surface area (Å²) >= 11 is 0. The first-order chi connectivity index (χ1) is 6.31. The molecular formula is C11H11OP. The maximum Gasteiger partial charge on any atom is 0.156 e. The van der Waals surface area contributed by atoms with E-state index in [1.807, 2.05) is 54.1 Å². The van der Waals surface area contributed by atoms with Crippen molar-refractivity contribution in [2.45, 2.75) is 6.42 Å². The van der Waals surface area contributed by atoms with Crippen molar-refractivity contribution in [3.63, 3.8) is 0 Å². The van der Waals surface area contributed by atoms with Gasteiger partial charge in [-0.05, 0) is 18.1 Å². The van der Waals surface area contributed by atoms with Gasteiger partial charge in [0.05, 0.1) is 0 Å². The van der Waals surface area contributed by atoms with Gasteiger partial charge in [0.25, 0.3) is 0 Å². The Morgan fingerprint density at radius 3 is 2.23 bits per heavy atom. The highest BCUT2D eigenvalue weighted by molar-refractivity contribution is 7.77. The minimum Gasteiger partial charge on any atom is -0.310 e. The normalized spacial score (nSPS) is 18.8. The van der Waals surface area contributed by atoms with E-state index in [1.54, 1.807) is 0 Å². The average Bonchev–Trinajstić information content (AvgIpc) is 2.20. The van der Waals surface area contributed by atoms with E-state index in [9.17, 15) is 4.57 Å². The van der Waals surface area contributed by atoms with E-state index in [0.29, 0.717) is 0 Å². The molecule has 0 atom stereocenters. The minimum atomic E-state index is -2.33. The molecule has 1 aliphatic rings. The summed E-state index contributed by atoms with van der Waals surface area (Å²) < 4.78 is 12.3. The van der Waals surface area contributed by atoms with Crippen LogP contribution in [0.3, 0.4) is 0 Å². The fraction of sp³-hybridized carbons (Fsp3) is 0.0909. The lowest BCUT2D eigenvalue weighted by atomic mass is 10.4. The Morgan fingerprint density at radius 1 is 1.00 bits per heavy atom. The van der Waals surface area contributed by atoms with E-state index in [0.717, 1.165) is 11.7 Å². The highest BCUT2D eigenvalue weighted by atomic mass is 31.2. The van der Waals surface area contributed by atoms with Crippen LogP contribution in [0.4, 0.5) is 0 Å². The summed E-state index contributed by atoms with van der Waals surface area (Å²) in [4.78, 5) is 0. The van der Waals surface area contributed by atoms with Crippen LogP contribution >= 0.6 is 7.14 Å². The fourth-order valence-corrected chi connectivity index (χ4v) is 3.35. The monoisotopic (exact) mass is 190 g/mol. The molecule has 2 heteroatoms. The van der Waals surface area contributed by atoms with Crippen molar-refractivity contribution in [2.24, 2.45) is 0 Å². The second-order valence-corrected chi connectivity index (χ2v) is 5.58. The summed E-state index contributed by atoms with van der Waals surface area (Å²) in [6.45, 7) is 0. The summed E-state index contributed by atoms with van der Waals surface area (Å²) in [5.41, 5.74) is 0. The van der Waals surface area contributed by atoms with E-state index in [4.69, 9.17) is 0 Å². The standard InChI is InChI=1S/C11H11OP/c12-13(9-5-2-6-10-13)11-7-3-1-4-8-11/h1,3-10H,2H2. The third-order valence-electron chi connectivity index (χ3n) is 2.09. The predicted octanol–water partition coefficient (Wildman–Crippen LogP) is 3.11. The molecule has 0 N–H and O–H groups in total. The number of hydrogen-bond donors (Lipinski definition) is 0. The molecule has 2 rings (SSSR count). The van der Waals surface area contributed by atoms with E-state index in [-0.39, 0.29) is 0 Å². The molecule has 0 saturated carbocycles. The minimum absolute atomic E-state index is 0.900. The molecular weight excluding hydrogens is 179 g/mol. The van der Waals surface area contributed by atoms with E-state index in [2.05, 4.69) is 0 Å². The van der Waals surface area contributed by atoms with E-state index < -0.39 is 7.14 Å².